The lowest BCUT2D eigenvalue weighted by atomic mass is 9.94. The van der Waals surface area contributed by atoms with Gasteiger partial charge in [0.25, 0.3) is 0 Å². The largest absolute Gasteiger partial charge is 0.466 e. The van der Waals surface area contributed by atoms with E-state index in [1.165, 1.54) is 0 Å². The molecule has 1 aliphatic carbocycles. The Morgan fingerprint density at radius 1 is 1.43 bits per heavy atom. The Hall–Kier alpha value is -0.570. The number of aliphatic hydroxyl groups is 1. The molecule has 3 nitrogen and oxygen atoms in total. The first-order valence-electron chi connectivity index (χ1n) is 5.50. The van der Waals surface area contributed by atoms with Crippen LogP contribution in [0, 0.1) is 17.8 Å². The second kappa shape index (κ2) is 5.35. The molecule has 0 aromatic heterocycles. The van der Waals surface area contributed by atoms with Gasteiger partial charge in [-0.05, 0) is 31.6 Å². The normalized spacial score (nSPS) is 31.8. The Bertz CT molecular complexity index is 191. The third-order valence-corrected chi connectivity index (χ3v) is 3.16. The Labute approximate surface area is 85.5 Å². The molecule has 0 radical (unpaired) electrons. The van der Waals surface area contributed by atoms with Gasteiger partial charge in [0.2, 0.25) is 0 Å². The van der Waals surface area contributed by atoms with E-state index in [1.807, 2.05) is 6.92 Å². The van der Waals surface area contributed by atoms with Crippen LogP contribution in [0.2, 0.25) is 0 Å². The molecule has 1 N–H and O–H groups in total. The number of esters is 1. The highest BCUT2D eigenvalue weighted by atomic mass is 16.5. The fourth-order valence-corrected chi connectivity index (χ4v) is 2.38. The number of carbonyl (C=O) groups is 1. The van der Waals surface area contributed by atoms with Crippen LogP contribution in [-0.2, 0) is 9.53 Å². The summed E-state index contributed by atoms with van der Waals surface area (Å²) in [5.41, 5.74) is 0. The first-order valence-corrected chi connectivity index (χ1v) is 5.50. The van der Waals surface area contributed by atoms with E-state index < -0.39 is 0 Å². The maximum atomic E-state index is 11.6. The molecule has 0 aliphatic heterocycles. The molecule has 0 amide bonds. The molecule has 0 aromatic carbocycles. The molecular formula is C11H20O3. The third-order valence-electron chi connectivity index (χ3n) is 3.16. The van der Waals surface area contributed by atoms with Crippen LogP contribution >= 0.6 is 0 Å². The molecule has 1 fully saturated rings. The molecule has 0 bridgehead atoms. The lowest BCUT2D eigenvalue weighted by Gasteiger charge is -2.15. The Kier molecular flexibility index (Phi) is 4.39. The van der Waals surface area contributed by atoms with E-state index in [2.05, 4.69) is 6.92 Å². The quantitative estimate of drug-likeness (QED) is 0.701. The van der Waals surface area contributed by atoms with Gasteiger partial charge in [0.1, 0.15) is 0 Å². The molecule has 3 unspecified atom stereocenters. The summed E-state index contributed by atoms with van der Waals surface area (Å²) < 4.78 is 5.03. The number of hydrogen-bond acceptors (Lipinski definition) is 3. The van der Waals surface area contributed by atoms with Crippen molar-refractivity contribution in [3.05, 3.63) is 0 Å². The molecule has 0 aromatic rings. The fraction of sp³-hybridized carbons (Fsp3) is 0.909. The summed E-state index contributed by atoms with van der Waals surface area (Å²) in [5, 5.41) is 9.06. The van der Waals surface area contributed by atoms with E-state index in [0.29, 0.717) is 18.4 Å². The zero-order valence-electron chi connectivity index (χ0n) is 9.03. The van der Waals surface area contributed by atoms with Gasteiger partial charge in [-0.15, -0.1) is 0 Å². The zero-order valence-corrected chi connectivity index (χ0v) is 9.03. The molecule has 1 saturated carbocycles. The second-order valence-corrected chi connectivity index (χ2v) is 4.05. The van der Waals surface area contributed by atoms with Gasteiger partial charge in [0, 0.05) is 6.61 Å². The van der Waals surface area contributed by atoms with Crippen LogP contribution in [0.4, 0.5) is 0 Å². The van der Waals surface area contributed by atoms with Gasteiger partial charge >= 0.3 is 5.97 Å². The van der Waals surface area contributed by atoms with E-state index in [4.69, 9.17) is 9.84 Å². The minimum Gasteiger partial charge on any atom is -0.466 e. The van der Waals surface area contributed by atoms with Gasteiger partial charge in [0.05, 0.1) is 12.5 Å². The van der Waals surface area contributed by atoms with Crippen LogP contribution in [0.5, 0.6) is 0 Å². The predicted molar refractivity (Wildman–Crippen MR) is 53.7 cm³/mol. The molecule has 14 heavy (non-hydrogen) atoms. The first kappa shape index (κ1) is 11.5. The van der Waals surface area contributed by atoms with Crippen LogP contribution in [0.3, 0.4) is 0 Å². The zero-order chi connectivity index (χ0) is 10.6. The summed E-state index contributed by atoms with van der Waals surface area (Å²) in [6, 6.07) is 0. The molecule has 1 rings (SSSR count). The number of ether oxygens (including phenoxy) is 1. The molecule has 0 heterocycles. The molecule has 3 heteroatoms. The monoisotopic (exact) mass is 200 g/mol. The number of aliphatic hydroxyl groups excluding tert-OH is 1. The van der Waals surface area contributed by atoms with Crippen molar-refractivity contribution in [2.24, 2.45) is 17.8 Å². The third kappa shape index (κ3) is 2.47. The van der Waals surface area contributed by atoms with E-state index in [1.54, 1.807) is 0 Å². The highest BCUT2D eigenvalue weighted by molar-refractivity contribution is 5.73. The van der Waals surface area contributed by atoms with Crippen molar-refractivity contribution in [3.63, 3.8) is 0 Å². The van der Waals surface area contributed by atoms with Crippen LogP contribution in [-0.4, -0.2) is 24.3 Å². The fourth-order valence-electron chi connectivity index (χ4n) is 2.38. The smallest absolute Gasteiger partial charge is 0.309 e. The maximum absolute atomic E-state index is 11.6. The average molecular weight is 200 g/mol. The van der Waals surface area contributed by atoms with Gasteiger partial charge in [-0.25, -0.2) is 0 Å². The maximum Gasteiger partial charge on any atom is 0.309 e. The van der Waals surface area contributed by atoms with Gasteiger partial charge < -0.3 is 9.84 Å². The van der Waals surface area contributed by atoms with E-state index in [0.717, 1.165) is 19.3 Å². The van der Waals surface area contributed by atoms with Gasteiger partial charge in [-0.1, -0.05) is 13.3 Å². The highest BCUT2D eigenvalue weighted by Crippen LogP contribution is 2.38. The molecule has 3 atom stereocenters. The standard InChI is InChI=1S/C11H20O3/c1-3-9-5-8(7-12)6-10(9)11(13)14-4-2/h8-10,12H,3-7H2,1-2H3. The lowest BCUT2D eigenvalue weighted by molar-refractivity contribution is -0.149. The van der Waals surface area contributed by atoms with Crippen molar-refractivity contribution in [2.75, 3.05) is 13.2 Å². The van der Waals surface area contributed by atoms with Crippen LogP contribution in [0.15, 0.2) is 0 Å². The minimum atomic E-state index is -0.0738. The van der Waals surface area contributed by atoms with Gasteiger partial charge in [-0.3, -0.25) is 4.79 Å². The van der Waals surface area contributed by atoms with E-state index >= 15 is 0 Å². The Morgan fingerprint density at radius 3 is 2.64 bits per heavy atom. The van der Waals surface area contributed by atoms with Crippen molar-refractivity contribution >= 4 is 5.97 Å². The summed E-state index contributed by atoms with van der Waals surface area (Å²) in [7, 11) is 0. The topological polar surface area (TPSA) is 46.5 Å². The molecule has 1 aliphatic rings. The Balaban J connectivity index is 2.54. The molecular weight excluding hydrogens is 180 g/mol. The van der Waals surface area contributed by atoms with Crippen molar-refractivity contribution in [3.8, 4) is 0 Å². The molecule has 0 saturated heterocycles. The molecule has 0 spiro atoms. The number of carbonyl (C=O) groups excluding carboxylic acids is 1. The van der Waals surface area contributed by atoms with Crippen molar-refractivity contribution in [2.45, 2.75) is 33.1 Å². The highest BCUT2D eigenvalue weighted by Gasteiger charge is 2.37. The van der Waals surface area contributed by atoms with Gasteiger partial charge in [-0.2, -0.15) is 0 Å². The van der Waals surface area contributed by atoms with Crippen molar-refractivity contribution < 1.29 is 14.6 Å². The summed E-state index contributed by atoms with van der Waals surface area (Å²) in [6.07, 6.45) is 2.77. The summed E-state index contributed by atoms with van der Waals surface area (Å²) in [5.74, 6) is 0.660. The lowest BCUT2D eigenvalue weighted by Crippen LogP contribution is -2.21. The summed E-state index contributed by atoms with van der Waals surface area (Å²) >= 11 is 0. The Morgan fingerprint density at radius 2 is 2.14 bits per heavy atom. The summed E-state index contributed by atoms with van der Waals surface area (Å²) in [4.78, 5) is 11.6. The van der Waals surface area contributed by atoms with Crippen LogP contribution in [0.25, 0.3) is 0 Å². The van der Waals surface area contributed by atoms with Gasteiger partial charge in [0.15, 0.2) is 0 Å². The SMILES string of the molecule is CCOC(=O)C1CC(CO)CC1CC. The number of hydrogen-bond donors (Lipinski definition) is 1. The van der Waals surface area contributed by atoms with Crippen molar-refractivity contribution in [1.82, 2.24) is 0 Å². The van der Waals surface area contributed by atoms with E-state index in [9.17, 15) is 4.79 Å². The first-order chi connectivity index (χ1) is 6.72. The van der Waals surface area contributed by atoms with E-state index in [-0.39, 0.29) is 18.5 Å². The van der Waals surface area contributed by atoms with Crippen LogP contribution < -0.4 is 0 Å². The average Bonchev–Trinajstić information content (AvgIpc) is 2.61. The van der Waals surface area contributed by atoms with Crippen molar-refractivity contribution in [1.29, 1.82) is 0 Å². The number of rotatable bonds is 4. The minimum absolute atomic E-state index is 0.0251. The second-order valence-electron chi connectivity index (χ2n) is 4.05. The van der Waals surface area contributed by atoms with Crippen LogP contribution in [0.1, 0.15) is 33.1 Å². The summed E-state index contributed by atoms with van der Waals surface area (Å²) in [6.45, 7) is 4.58. The predicted octanol–water partition coefficient (Wildman–Crippen LogP) is 1.59. The molecule has 82 valence electrons.